The Labute approximate surface area is 113 Å². The van der Waals surface area contributed by atoms with Crippen molar-refractivity contribution in [2.24, 2.45) is 0 Å². The van der Waals surface area contributed by atoms with E-state index in [1.54, 1.807) is 0 Å². The van der Waals surface area contributed by atoms with Gasteiger partial charge in [0, 0.05) is 12.8 Å². The normalized spacial score (nSPS) is 15.6. The first-order valence-corrected chi connectivity index (χ1v) is 6.88. The van der Waals surface area contributed by atoms with E-state index in [1.165, 1.54) is 22.3 Å². The van der Waals surface area contributed by atoms with Crippen LogP contribution in [0.25, 0.3) is 0 Å². The molecule has 0 bridgehead atoms. The molecule has 2 aromatic carbocycles. The summed E-state index contributed by atoms with van der Waals surface area (Å²) in [7, 11) is 0. The number of benzene rings is 2. The fraction of sp³-hybridized carbons (Fsp3) is 0.294. The first-order valence-electron chi connectivity index (χ1n) is 6.88. The highest BCUT2D eigenvalue weighted by Gasteiger charge is 2.14. The summed E-state index contributed by atoms with van der Waals surface area (Å²) in [4.78, 5) is 0. The van der Waals surface area contributed by atoms with E-state index < -0.39 is 0 Å². The summed E-state index contributed by atoms with van der Waals surface area (Å²) >= 11 is 0. The van der Waals surface area contributed by atoms with Crippen molar-refractivity contribution in [3.8, 4) is 11.5 Å². The third-order valence-corrected chi connectivity index (χ3v) is 3.92. The van der Waals surface area contributed by atoms with E-state index in [9.17, 15) is 0 Å². The summed E-state index contributed by atoms with van der Waals surface area (Å²) in [5, 5.41) is 0. The molecule has 2 heteroatoms. The van der Waals surface area contributed by atoms with Crippen molar-refractivity contribution in [2.45, 2.75) is 19.3 Å². The molecule has 0 saturated heterocycles. The molecule has 2 nitrogen and oxygen atoms in total. The van der Waals surface area contributed by atoms with Crippen molar-refractivity contribution in [3.05, 3.63) is 58.7 Å². The van der Waals surface area contributed by atoms with Crippen LogP contribution in [0.5, 0.6) is 11.5 Å². The third kappa shape index (κ3) is 1.97. The SMILES string of the molecule is c1cc2c(cc1Cc1ccc3c(c1)CCO3)CCO2. The summed E-state index contributed by atoms with van der Waals surface area (Å²) in [6, 6.07) is 13.1. The Morgan fingerprint density at radius 1 is 0.737 bits per heavy atom. The van der Waals surface area contributed by atoms with Crippen molar-refractivity contribution in [1.82, 2.24) is 0 Å². The minimum absolute atomic E-state index is 0.828. The van der Waals surface area contributed by atoms with E-state index >= 15 is 0 Å². The van der Waals surface area contributed by atoms with Gasteiger partial charge in [-0.25, -0.2) is 0 Å². The lowest BCUT2D eigenvalue weighted by Crippen LogP contribution is -1.91. The van der Waals surface area contributed by atoms with Gasteiger partial charge in [-0.3, -0.25) is 0 Å². The summed E-state index contributed by atoms with van der Waals surface area (Å²) < 4.78 is 11.1. The molecule has 2 aliphatic heterocycles. The summed E-state index contributed by atoms with van der Waals surface area (Å²) in [6.45, 7) is 1.66. The first kappa shape index (κ1) is 10.9. The molecule has 0 aromatic heterocycles. The maximum atomic E-state index is 5.55. The molecule has 96 valence electrons. The predicted molar refractivity (Wildman–Crippen MR) is 74.1 cm³/mol. The maximum absolute atomic E-state index is 5.55. The third-order valence-electron chi connectivity index (χ3n) is 3.92. The van der Waals surface area contributed by atoms with Gasteiger partial charge < -0.3 is 9.47 Å². The molecule has 2 aromatic rings. The first-order chi connectivity index (χ1) is 9.38. The molecule has 19 heavy (non-hydrogen) atoms. The number of rotatable bonds is 2. The number of hydrogen-bond acceptors (Lipinski definition) is 2. The second kappa shape index (κ2) is 4.30. The highest BCUT2D eigenvalue weighted by atomic mass is 16.5. The van der Waals surface area contributed by atoms with Crippen molar-refractivity contribution < 1.29 is 9.47 Å². The van der Waals surface area contributed by atoms with E-state index in [1.807, 2.05) is 0 Å². The van der Waals surface area contributed by atoms with Gasteiger partial charge in [-0.05, 0) is 40.8 Å². The van der Waals surface area contributed by atoms with Crippen LogP contribution in [-0.4, -0.2) is 13.2 Å². The Hall–Kier alpha value is -1.96. The van der Waals surface area contributed by atoms with Crippen LogP contribution in [-0.2, 0) is 19.3 Å². The minimum atomic E-state index is 0.828. The molecule has 2 aliphatic rings. The van der Waals surface area contributed by atoms with Crippen LogP contribution in [0.1, 0.15) is 22.3 Å². The molecule has 4 rings (SSSR count). The van der Waals surface area contributed by atoms with Crippen molar-refractivity contribution in [1.29, 1.82) is 0 Å². The van der Waals surface area contributed by atoms with Crippen LogP contribution < -0.4 is 9.47 Å². The lowest BCUT2D eigenvalue weighted by atomic mass is 10.00. The van der Waals surface area contributed by atoms with E-state index in [-0.39, 0.29) is 0 Å². The van der Waals surface area contributed by atoms with Crippen molar-refractivity contribution in [2.75, 3.05) is 13.2 Å². The Morgan fingerprint density at radius 2 is 1.26 bits per heavy atom. The minimum Gasteiger partial charge on any atom is -0.493 e. The number of fused-ring (bicyclic) bond motifs is 2. The van der Waals surface area contributed by atoms with Crippen LogP contribution in [0.15, 0.2) is 36.4 Å². The highest BCUT2D eigenvalue weighted by molar-refractivity contribution is 5.44. The van der Waals surface area contributed by atoms with Crippen LogP contribution in [0.3, 0.4) is 0 Å². The fourth-order valence-electron chi connectivity index (χ4n) is 2.94. The molecule has 0 N–H and O–H groups in total. The zero-order valence-electron chi connectivity index (χ0n) is 10.8. The molecule has 0 saturated carbocycles. The summed E-state index contributed by atoms with van der Waals surface area (Å²) in [5.41, 5.74) is 5.43. The quantitative estimate of drug-likeness (QED) is 0.817. The molecule has 0 radical (unpaired) electrons. The van der Waals surface area contributed by atoms with Crippen LogP contribution in [0.2, 0.25) is 0 Å². The molecule has 0 amide bonds. The molecular formula is C17H16O2. The molecule has 0 atom stereocenters. The molecule has 0 fully saturated rings. The monoisotopic (exact) mass is 252 g/mol. The van der Waals surface area contributed by atoms with Crippen LogP contribution >= 0.6 is 0 Å². The van der Waals surface area contributed by atoms with E-state index in [0.29, 0.717) is 0 Å². The van der Waals surface area contributed by atoms with Crippen LogP contribution in [0.4, 0.5) is 0 Å². The molecule has 2 heterocycles. The lowest BCUT2D eigenvalue weighted by Gasteiger charge is -2.06. The van der Waals surface area contributed by atoms with Gasteiger partial charge >= 0.3 is 0 Å². The molecule has 0 spiro atoms. The second-order valence-electron chi connectivity index (χ2n) is 5.26. The Morgan fingerprint density at radius 3 is 1.79 bits per heavy atom. The summed E-state index contributed by atoms with van der Waals surface area (Å²) in [5.74, 6) is 2.12. The van der Waals surface area contributed by atoms with Gasteiger partial charge in [-0.15, -0.1) is 0 Å². The zero-order chi connectivity index (χ0) is 12.7. The largest absolute Gasteiger partial charge is 0.493 e. The standard InChI is InChI=1S/C17H16O2/c1-3-16-14(5-7-18-16)10-12(1)9-13-2-4-17-15(11-13)6-8-19-17/h1-4,10-11H,5-9H2. The van der Waals surface area contributed by atoms with Crippen molar-refractivity contribution in [3.63, 3.8) is 0 Å². The molecule has 0 unspecified atom stereocenters. The lowest BCUT2D eigenvalue weighted by molar-refractivity contribution is 0.356. The van der Waals surface area contributed by atoms with E-state index in [4.69, 9.17) is 9.47 Å². The van der Waals surface area contributed by atoms with E-state index in [2.05, 4.69) is 36.4 Å². The average Bonchev–Trinajstić information content (AvgIpc) is 3.05. The van der Waals surface area contributed by atoms with Gasteiger partial charge in [0.15, 0.2) is 0 Å². The Bertz CT molecular complexity index is 576. The summed E-state index contributed by atoms with van der Waals surface area (Å²) in [6.07, 6.45) is 3.07. The second-order valence-corrected chi connectivity index (χ2v) is 5.26. The maximum Gasteiger partial charge on any atom is 0.122 e. The highest BCUT2D eigenvalue weighted by Crippen LogP contribution is 2.29. The zero-order valence-corrected chi connectivity index (χ0v) is 10.8. The van der Waals surface area contributed by atoms with Gasteiger partial charge in [0.2, 0.25) is 0 Å². The topological polar surface area (TPSA) is 18.5 Å². The predicted octanol–water partition coefficient (Wildman–Crippen LogP) is 3.15. The smallest absolute Gasteiger partial charge is 0.122 e. The molecular weight excluding hydrogens is 236 g/mol. The van der Waals surface area contributed by atoms with Gasteiger partial charge in [0.25, 0.3) is 0 Å². The van der Waals surface area contributed by atoms with Gasteiger partial charge in [-0.1, -0.05) is 24.3 Å². The molecule has 0 aliphatic carbocycles. The fourth-order valence-corrected chi connectivity index (χ4v) is 2.94. The van der Waals surface area contributed by atoms with Gasteiger partial charge in [0.1, 0.15) is 11.5 Å². The van der Waals surface area contributed by atoms with Gasteiger partial charge in [0.05, 0.1) is 13.2 Å². The van der Waals surface area contributed by atoms with Crippen LogP contribution in [0, 0.1) is 0 Å². The Kier molecular flexibility index (Phi) is 2.47. The van der Waals surface area contributed by atoms with Crippen molar-refractivity contribution >= 4 is 0 Å². The Balaban J connectivity index is 1.61. The number of hydrogen-bond donors (Lipinski definition) is 0. The average molecular weight is 252 g/mol. The number of ether oxygens (including phenoxy) is 2. The van der Waals surface area contributed by atoms with E-state index in [0.717, 1.165) is 44.0 Å². The van der Waals surface area contributed by atoms with Gasteiger partial charge in [-0.2, -0.15) is 0 Å².